The summed E-state index contributed by atoms with van der Waals surface area (Å²) in [5.74, 6) is 0.853. The van der Waals surface area contributed by atoms with Crippen molar-refractivity contribution in [2.45, 2.75) is 70.4 Å². The first-order valence-electron chi connectivity index (χ1n) is 12.5. The summed E-state index contributed by atoms with van der Waals surface area (Å²) in [6.07, 6.45) is 5.61. The number of benzene rings is 2. The van der Waals surface area contributed by atoms with Gasteiger partial charge in [-0.15, -0.1) is 0 Å². The minimum absolute atomic E-state index is 0.0119. The van der Waals surface area contributed by atoms with Gasteiger partial charge in [-0.3, -0.25) is 9.59 Å². The van der Waals surface area contributed by atoms with E-state index in [0.717, 1.165) is 30.0 Å². The molecule has 3 atom stereocenters. The summed E-state index contributed by atoms with van der Waals surface area (Å²) < 4.78 is 11.8. The average molecular weight is 483 g/mol. The Morgan fingerprint density at radius 1 is 1.14 bits per heavy atom. The van der Waals surface area contributed by atoms with Crippen molar-refractivity contribution in [3.8, 4) is 11.5 Å². The lowest BCUT2D eigenvalue weighted by Gasteiger charge is -2.28. The Morgan fingerprint density at radius 3 is 2.54 bits per heavy atom. The third kappa shape index (κ3) is 6.90. The van der Waals surface area contributed by atoms with Crippen LogP contribution in [0.3, 0.4) is 0 Å². The molecular weight excluding hydrogens is 444 g/mol. The average Bonchev–Trinajstić information content (AvgIpc) is 3.19. The number of nitrogens with zero attached hydrogens (tertiary/aromatic N) is 1. The lowest BCUT2D eigenvalue weighted by atomic mass is 9.90. The molecule has 2 aromatic rings. The van der Waals surface area contributed by atoms with Crippen molar-refractivity contribution in [3.63, 3.8) is 0 Å². The van der Waals surface area contributed by atoms with E-state index in [-0.39, 0.29) is 36.9 Å². The predicted octanol–water partition coefficient (Wildman–Crippen LogP) is 5.56. The van der Waals surface area contributed by atoms with Crippen LogP contribution in [0.4, 0.5) is 5.69 Å². The Morgan fingerprint density at radius 2 is 1.89 bits per heavy atom. The zero-order valence-corrected chi connectivity index (χ0v) is 21.3. The highest BCUT2D eigenvalue weighted by Crippen LogP contribution is 2.42. The highest BCUT2D eigenvalue weighted by molar-refractivity contribution is 5.94. The van der Waals surface area contributed by atoms with Crippen LogP contribution in [0.1, 0.15) is 74.2 Å². The summed E-state index contributed by atoms with van der Waals surface area (Å²) in [6, 6.07) is 13.5. The second-order valence-electron chi connectivity index (χ2n) is 9.32. The van der Waals surface area contributed by atoms with Crippen LogP contribution in [0.25, 0.3) is 0 Å². The van der Waals surface area contributed by atoms with Crippen LogP contribution in [-0.4, -0.2) is 54.7 Å². The van der Waals surface area contributed by atoms with Crippen LogP contribution in [0.2, 0.25) is 0 Å². The standard InChI is InChI=1S/C28H38N2O5/c1-5-6-7-8-9-24(27-19(2)23-18-22(34-4)14-15-25(23)35-27)29-21-12-10-20(11-13-21)28(33)30(3)17-16-26(31)32/h10-15,18-19,24,27,29H,5-9,16-17H2,1-4H3,(H,31,32). The van der Waals surface area contributed by atoms with Gasteiger partial charge in [0.25, 0.3) is 5.91 Å². The molecule has 2 N–H and O–H groups in total. The molecule has 1 heterocycles. The molecule has 0 aliphatic carbocycles. The number of rotatable bonds is 13. The number of fused-ring (bicyclic) bond motifs is 1. The zero-order chi connectivity index (χ0) is 25.4. The molecule has 1 amide bonds. The van der Waals surface area contributed by atoms with Crippen LogP contribution in [0.5, 0.6) is 11.5 Å². The van der Waals surface area contributed by atoms with Crippen molar-refractivity contribution in [1.82, 2.24) is 4.90 Å². The number of unbranched alkanes of at least 4 members (excludes halogenated alkanes) is 3. The molecular formula is C28H38N2O5. The number of hydrogen-bond donors (Lipinski definition) is 2. The van der Waals surface area contributed by atoms with Gasteiger partial charge in [-0.2, -0.15) is 0 Å². The summed E-state index contributed by atoms with van der Waals surface area (Å²) in [6.45, 7) is 4.59. The first kappa shape index (κ1) is 26.4. The SMILES string of the molecule is CCCCCCC(Nc1ccc(C(=O)N(C)CCC(=O)O)cc1)C1Oc2ccc(OC)cc2C1C. The van der Waals surface area contributed by atoms with Gasteiger partial charge in [0.05, 0.1) is 19.6 Å². The van der Waals surface area contributed by atoms with Gasteiger partial charge in [-0.25, -0.2) is 0 Å². The summed E-state index contributed by atoms with van der Waals surface area (Å²) in [5, 5.41) is 12.5. The number of carbonyl (C=O) groups is 2. The van der Waals surface area contributed by atoms with E-state index >= 15 is 0 Å². The lowest BCUT2D eigenvalue weighted by molar-refractivity contribution is -0.137. The van der Waals surface area contributed by atoms with Gasteiger partial charge in [0.1, 0.15) is 17.6 Å². The molecule has 0 saturated heterocycles. The minimum Gasteiger partial charge on any atom is -0.497 e. The maximum atomic E-state index is 12.6. The van der Waals surface area contributed by atoms with Crippen molar-refractivity contribution in [1.29, 1.82) is 0 Å². The summed E-state index contributed by atoms with van der Waals surface area (Å²) in [4.78, 5) is 24.8. The van der Waals surface area contributed by atoms with E-state index in [1.807, 2.05) is 24.3 Å². The molecule has 1 aliphatic heterocycles. The number of methoxy groups -OCH3 is 1. The Bertz CT molecular complexity index is 991. The van der Waals surface area contributed by atoms with Gasteiger partial charge < -0.3 is 24.8 Å². The summed E-state index contributed by atoms with van der Waals surface area (Å²) in [5.41, 5.74) is 2.63. The number of aliphatic carboxylic acids is 1. The van der Waals surface area contributed by atoms with Crippen LogP contribution in [-0.2, 0) is 4.79 Å². The van der Waals surface area contributed by atoms with E-state index in [2.05, 4.69) is 25.2 Å². The first-order valence-corrected chi connectivity index (χ1v) is 12.5. The Labute approximate surface area is 208 Å². The van der Waals surface area contributed by atoms with Crippen molar-refractivity contribution < 1.29 is 24.2 Å². The lowest BCUT2D eigenvalue weighted by Crippen LogP contribution is -2.38. The van der Waals surface area contributed by atoms with Crippen molar-refractivity contribution in [3.05, 3.63) is 53.6 Å². The maximum Gasteiger partial charge on any atom is 0.305 e. The van der Waals surface area contributed by atoms with Crippen molar-refractivity contribution >= 4 is 17.6 Å². The molecule has 7 heteroatoms. The molecule has 2 aromatic carbocycles. The number of nitrogens with one attached hydrogen (secondary N) is 1. The number of carbonyl (C=O) groups excluding carboxylic acids is 1. The normalized spacial score (nSPS) is 17.3. The third-order valence-corrected chi connectivity index (χ3v) is 6.72. The fourth-order valence-corrected chi connectivity index (χ4v) is 4.59. The summed E-state index contributed by atoms with van der Waals surface area (Å²) >= 11 is 0. The number of carboxylic acids is 1. The highest BCUT2D eigenvalue weighted by atomic mass is 16.5. The Balaban J connectivity index is 1.71. The van der Waals surface area contributed by atoms with Crippen LogP contribution >= 0.6 is 0 Å². The van der Waals surface area contributed by atoms with E-state index in [9.17, 15) is 9.59 Å². The molecule has 35 heavy (non-hydrogen) atoms. The Kier molecular flexibility index (Phi) is 9.40. The van der Waals surface area contributed by atoms with Gasteiger partial charge in [0.15, 0.2) is 0 Å². The monoisotopic (exact) mass is 482 g/mol. The van der Waals surface area contributed by atoms with Crippen LogP contribution < -0.4 is 14.8 Å². The van der Waals surface area contributed by atoms with Crippen LogP contribution in [0, 0.1) is 0 Å². The topological polar surface area (TPSA) is 88.1 Å². The molecule has 3 unspecified atom stereocenters. The zero-order valence-electron chi connectivity index (χ0n) is 21.3. The largest absolute Gasteiger partial charge is 0.497 e. The fraction of sp³-hybridized carbons (Fsp3) is 0.500. The third-order valence-electron chi connectivity index (χ3n) is 6.72. The molecule has 1 aliphatic rings. The molecule has 0 radical (unpaired) electrons. The first-order chi connectivity index (χ1) is 16.8. The second kappa shape index (κ2) is 12.5. The molecule has 0 bridgehead atoms. The number of hydrogen-bond acceptors (Lipinski definition) is 5. The van der Waals surface area contributed by atoms with Crippen LogP contribution in [0.15, 0.2) is 42.5 Å². The number of amides is 1. The molecule has 190 valence electrons. The minimum atomic E-state index is -0.918. The molecule has 0 saturated carbocycles. The van der Waals surface area contributed by atoms with Gasteiger partial charge in [0.2, 0.25) is 0 Å². The second-order valence-corrected chi connectivity index (χ2v) is 9.32. The number of ether oxygens (including phenoxy) is 2. The van der Waals surface area contributed by atoms with E-state index in [0.29, 0.717) is 5.56 Å². The van der Waals surface area contributed by atoms with Crippen molar-refractivity contribution in [2.24, 2.45) is 0 Å². The number of carboxylic acid groups (broad SMARTS) is 1. The van der Waals surface area contributed by atoms with E-state index < -0.39 is 5.97 Å². The van der Waals surface area contributed by atoms with E-state index in [1.54, 1.807) is 26.3 Å². The molecule has 3 rings (SSSR count). The van der Waals surface area contributed by atoms with E-state index in [4.69, 9.17) is 14.6 Å². The smallest absolute Gasteiger partial charge is 0.305 e. The Hall–Kier alpha value is -3.22. The maximum absolute atomic E-state index is 12.6. The number of anilines is 1. The quantitative estimate of drug-likeness (QED) is 0.364. The molecule has 7 nitrogen and oxygen atoms in total. The highest BCUT2D eigenvalue weighted by Gasteiger charge is 2.37. The summed E-state index contributed by atoms with van der Waals surface area (Å²) in [7, 11) is 3.30. The molecule has 0 aromatic heterocycles. The van der Waals surface area contributed by atoms with Gasteiger partial charge in [0, 0.05) is 36.3 Å². The van der Waals surface area contributed by atoms with Gasteiger partial charge in [-0.1, -0.05) is 39.5 Å². The molecule has 0 spiro atoms. The van der Waals surface area contributed by atoms with Gasteiger partial charge >= 0.3 is 5.97 Å². The van der Waals surface area contributed by atoms with Crippen molar-refractivity contribution in [2.75, 3.05) is 26.0 Å². The van der Waals surface area contributed by atoms with Gasteiger partial charge in [-0.05, 0) is 48.9 Å². The predicted molar refractivity (Wildman–Crippen MR) is 138 cm³/mol. The van der Waals surface area contributed by atoms with E-state index in [1.165, 1.54) is 29.7 Å². The molecule has 0 fully saturated rings. The fourth-order valence-electron chi connectivity index (χ4n) is 4.59.